The predicted octanol–water partition coefficient (Wildman–Crippen LogP) is 9.31. The minimum Gasteiger partial charge on any atom is -0.242 e. The highest BCUT2D eigenvalue weighted by atomic mass is 19.1. The molecule has 3 atom stereocenters. The van der Waals surface area contributed by atoms with Crippen LogP contribution < -0.4 is 0 Å². The highest BCUT2D eigenvalue weighted by Gasteiger charge is 2.19. The first-order valence-corrected chi connectivity index (χ1v) is 11.4. The number of allylic oxidation sites excluding steroid dienone is 2. The van der Waals surface area contributed by atoms with Crippen LogP contribution >= 0.6 is 0 Å². The average molecular weight is 369 g/mol. The van der Waals surface area contributed by atoms with E-state index in [9.17, 15) is 4.39 Å². The quantitative estimate of drug-likeness (QED) is 0.337. The van der Waals surface area contributed by atoms with Crippen molar-refractivity contribution in [3.05, 3.63) is 24.3 Å². The molecule has 1 heteroatoms. The maximum absolute atomic E-state index is 14.1. The molecule has 1 saturated carbocycles. The molecule has 0 N–H and O–H groups in total. The van der Waals surface area contributed by atoms with Crippen molar-refractivity contribution in [2.45, 2.75) is 119 Å². The maximum atomic E-state index is 14.1. The Labute approximate surface area is 165 Å². The molecule has 156 valence electrons. The molecule has 1 aliphatic carbocycles. The van der Waals surface area contributed by atoms with Crippen molar-refractivity contribution in [3.8, 4) is 0 Å². The van der Waals surface area contributed by atoms with Gasteiger partial charge in [0.25, 0.3) is 0 Å². The third-order valence-corrected chi connectivity index (χ3v) is 5.45. The first kappa shape index (κ1) is 27.6. The van der Waals surface area contributed by atoms with Crippen molar-refractivity contribution in [2.75, 3.05) is 0 Å². The Hall–Kier alpha value is -0.590. The summed E-state index contributed by atoms with van der Waals surface area (Å²) in [6.45, 7) is 22.2. The van der Waals surface area contributed by atoms with Crippen LogP contribution in [0.3, 0.4) is 0 Å². The van der Waals surface area contributed by atoms with E-state index in [-0.39, 0.29) is 5.92 Å². The van der Waals surface area contributed by atoms with Crippen LogP contribution in [-0.2, 0) is 0 Å². The second kappa shape index (κ2) is 17.8. The van der Waals surface area contributed by atoms with Crippen LogP contribution in [0.2, 0.25) is 0 Å². The monoisotopic (exact) mass is 368 g/mol. The molecule has 0 amide bonds. The molecule has 0 saturated heterocycles. The fourth-order valence-corrected chi connectivity index (χ4v) is 3.61. The molecular formula is C25H49F. The summed E-state index contributed by atoms with van der Waals surface area (Å²) < 4.78 is 14.1. The molecule has 1 rings (SSSR count). The van der Waals surface area contributed by atoms with Gasteiger partial charge in [-0.15, -0.1) is 6.58 Å². The zero-order valence-electron chi connectivity index (χ0n) is 19.2. The number of halogens is 1. The van der Waals surface area contributed by atoms with Gasteiger partial charge in [0.05, 0.1) is 0 Å². The van der Waals surface area contributed by atoms with Crippen LogP contribution in [0, 0.1) is 17.8 Å². The van der Waals surface area contributed by atoms with Crippen LogP contribution in [0.25, 0.3) is 0 Å². The lowest BCUT2D eigenvalue weighted by atomic mass is 9.82. The minimum absolute atomic E-state index is 0.284. The minimum atomic E-state index is -0.912. The SMILES string of the molecule is C=C(C)CC(F)C(=C)C(C)CCC(C)CCC1CCCCC1.CC.CC. The molecule has 0 bridgehead atoms. The number of rotatable bonds is 10. The number of hydrogen-bond acceptors (Lipinski definition) is 0. The van der Waals surface area contributed by atoms with Crippen LogP contribution in [0.1, 0.15) is 113 Å². The van der Waals surface area contributed by atoms with E-state index in [0.29, 0.717) is 6.42 Å². The van der Waals surface area contributed by atoms with Crippen molar-refractivity contribution in [3.63, 3.8) is 0 Å². The molecular weight excluding hydrogens is 319 g/mol. The molecule has 0 radical (unpaired) electrons. The molecule has 0 spiro atoms. The molecule has 0 aliphatic heterocycles. The van der Waals surface area contributed by atoms with Crippen LogP contribution in [0.5, 0.6) is 0 Å². The molecule has 1 aliphatic rings. The Balaban J connectivity index is 0. The Bertz CT molecular complexity index is 338. The molecule has 0 heterocycles. The molecule has 0 aromatic rings. The summed E-state index contributed by atoms with van der Waals surface area (Å²) in [5, 5.41) is 0. The van der Waals surface area contributed by atoms with Gasteiger partial charge in [-0.1, -0.05) is 105 Å². The lowest BCUT2D eigenvalue weighted by Crippen LogP contribution is -2.13. The van der Waals surface area contributed by atoms with E-state index in [1.807, 2.05) is 34.6 Å². The Kier molecular flexibility index (Phi) is 18.9. The molecule has 3 unspecified atom stereocenters. The first-order chi connectivity index (χ1) is 12.4. The zero-order valence-corrected chi connectivity index (χ0v) is 19.2. The zero-order chi connectivity index (χ0) is 20.5. The highest BCUT2D eigenvalue weighted by Crippen LogP contribution is 2.31. The second-order valence-corrected chi connectivity index (χ2v) is 7.87. The van der Waals surface area contributed by atoms with E-state index < -0.39 is 6.17 Å². The lowest BCUT2D eigenvalue weighted by molar-refractivity contribution is 0.299. The van der Waals surface area contributed by atoms with Crippen molar-refractivity contribution in [2.24, 2.45) is 17.8 Å². The van der Waals surface area contributed by atoms with Crippen molar-refractivity contribution in [1.29, 1.82) is 0 Å². The summed E-state index contributed by atoms with van der Waals surface area (Å²) in [4.78, 5) is 0. The number of hydrogen-bond donors (Lipinski definition) is 0. The van der Waals surface area contributed by atoms with Gasteiger partial charge in [-0.25, -0.2) is 4.39 Å². The Morgan fingerprint density at radius 2 is 1.46 bits per heavy atom. The van der Waals surface area contributed by atoms with E-state index >= 15 is 0 Å². The third-order valence-electron chi connectivity index (χ3n) is 5.45. The molecule has 0 aromatic heterocycles. The molecule has 0 nitrogen and oxygen atoms in total. The van der Waals surface area contributed by atoms with Gasteiger partial charge in [0.15, 0.2) is 0 Å². The normalized spacial score (nSPS) is 17.7. The van der Waals surface area contributed by atoms with Crippen LogP contribution in [0.4, 0.5) is 4.39 Å². The van der Waals surface area contributed by atoms with Crippen LogP contribution in [-0.4, -0.2) is 6.17 Å². The Morgan fingerprint density at radius 3 is 1.96 bits per heavy atom. The molecule has 26 heavy (non-hydrogen) atoms. The van der Waals surface area contributed by atoms with Crippen molar-refractivity contribution >= 4 is 0 Å². The largest absolute Gasteiger partial charge is 0.242 e. The van der Waals surface area contributed by atoms with Crippen LogP contribution in [0.15, 0.2) is 24.3 Å². The lowest BCUT2D eigenvalue weighted by Gasteiger charge is -2.24. The van der Waals surface area contributed by atoms with Crippen molar-refractivity contribution in [1.82, 2.24) is 0 Å². The molecule has 1 fully saturated rings. The van der Waals surface area contributed by atoms with E-state index in [2.05, 4.69) is 27.0 Å². The summed E-state index contributed by atoms with van der Waals surface area (Å²) in [5.74, 6) is 2.03. The van der Waals surface area contributed by atoms with Gasteiger partial charge in [-0.05, 0) is 36.7 Å². The van der Waals surface area contributed by atoms with Gasteiger partial charge in [0.1, 0.15) is 6.17 Å². The van der Waals surface area contributed by atoms with Gasteiger partial charge in [-0.3, -0.25) is 0 Å². The smallest absolute Gasteiger partial charge is 0.125 e. The summed E-state index contributed by atoms with van der Waals surface area (Å²) >= 11 is 0. The fourth-order valence-electron chi connectivity index (χ4n) is 3.61. The number of alkyl halides is 1. The van der Waals surface area contributed by atoms with Gasteiger partial charge >= 0.3 is 0 Å². The van der Waals surface area contributed by atoms with Gasteiger partial charge in [-0.2, -0.15) is 0 Å². The standard InChI is InChI=1S/C21H37F.2C2H6/c1-16(2)15-21(22)19(5)18(4)13-11-17(3)12-14-20-9-7-6-8-10-20;2*1-2/h17-18,20-21H,1,5-15H2,2-4H3;2*1-2H3. The first-order valence-electron chi connectivity index (χ1n) is 11.4. The van der Waals surface area contributed by atoms with E-state index in [1.54, 1.807) is 0 Å². The molecule has 0 aromatic carbocycles. The van der Waals surface area contributed by atoms with E-state index in [1.165, 1.54) is 51.4 Å². The highest BCUT2D eigenvalue weighted by molar-refractivity contribution is 5.10. The fraction of sp³-hybridized carbons (Fsp3) is 0.840. The summed E-state index contributed by atoms with van der Waals surface area (Å²) in [6, 6.07) is 0. The topological polar surface area (TPSA) is 0 Å². The Morgan fingerprint density at radius 1 is 0.923 bits per heavy atom. The van der Waals surface area contributed by atoms with Gasteiger partial charge < -0.3 is 0 Å². The second-order valence-electron chi connectivity index (χ2n) is 7.87. The maximum Gasteiger partial charge on any atom is 0.125 e. The average Bonchev–Trinajstić information content (AvgIpc) is 2.67. The van der Waals surface area contributed by atoms with E-state index in [0.717, 1.165) is 29.4 Å². The summed E-state index contributed by atoms with van der Waals surface area (Å²) in [7, 11) is 0. The van der Waals surface area contributed by atoms with Gasteiger partial charge in [0.2, 0.25) is 0 Å². The summed E-state index contributed by atoms with van der Waals surface area (Å²) in [5.41, 5.74) is 1.67. The third kappa shape index (κ3) is 13.6. The predicted molar refractivity (Wildman–Crippen MR) is 120 cm³/mol. The van der Waals surface area contributed by atoms with Gasteiger partial charge in [0, 0.05) is 6.42 Å². The summed E-state index contributed by atoms with van der Waals surface area (Å²) in [6.07, 6.45) is 11.8. The van der Waals surface area contributed by atoms with Crippen molar-refractivity contribution < 1.29 is 4.39 Å². The van der Waals surface area contributed by atoms with E-state index in [4.69, 9.17) is 0 Å².